The monoisotopic (exact) mass is 457 g/mol. The van der Waals surface area contributed by atoms with Gasteiger partial charge in [-0.3, -0.25) is 4.79 Å². The molecule has 1 heterocycles. The lowest BCUT2D eigenvalue weighted by Gasteiger charge is -2.23. The first-order valence-electron chi connectivity index (χ1n) is 8.97. The van der Waals surface area contributed by atoms with Crippen LogP contribution in [0.15, 0.2) is 41.3 Å². The van der Waals surface area contributed by atoms with Gasteiger partial charge >= 0.3 is 5.97 Å². The molecule has 0 spiro atoms. The van der Waals surface area contributed by atoms with Crippen molar-refractivity contribution in [1.82, 2.24) is 4.31 Å². The number of carbonyl (C=O) groups excluding carboxylic acids is 1. The van der Waals surface area contributed by atoms with Crippen molar-refractivity contribution in [3.8, 4) is 0 Å². The summed E-state index contributed by atoms with van der Waals surface area (Å²) in [6.07, 6.45) is -0.969. The quantitative estimate of drug-likeness (QED) is 0.694. The number of aliphatic hydroxyl groups excluding tert-OH is 1. The Hall–Kier alpha value is -1.64. The van der Waals surface area contributed by atoms with E-state index in [0.29, 0.717) is 15.6 Å². The summed E-state index contributed by atoms with van der Waals surface area (Å²) < 4.78 is 32.5. The van der Waals surface area contributed by atoms with Gasteiger partial charge in [0.25, 0.3) is 0 Å². The number of hydrogen-bond acceptors (Lipinski definition) is 5. The number of aryl methyl sites for hydroxylation is 2. The van der Waals surface area contributed by atoms with E-state index in [9.17, 15) is 18.3 Å². The third-order valence-electron chi connectivity index (χ3n) is 4.96. The number of β-amino-alcohol motifs (C(OH)–C–C–N with tert-alkyl or cyclic N) is 1. The predicted octanol–water partition coefficient (Wildman–Crippen LogP) is 3.48. The fourth-order valence-electron chi connectivity index (χ4n) is 3.15. The van der Waals surface area contributed by atoms with Crippen molar-refractivity contribution in [1.29, 1.82) is 0 Å². The fourth-order valence-corrected chi connectivity index (χ4v) is 5.19. The number of carbonyl (C=O) groups is 1. The number of rotatable bonds is 5. The maximum absolute atomic E-state index is 13.1. The van der Waals surface area contributed by atoms with Gasteiger partial charge in [-0.05, 0) is 54.8 Å². The number of hydrogen-bond donors (Lipinski definition) is 1. The van der Waals surface area contributed by atoms with Gasteiger partial charge in [0.2, 0.25) is 10.0 Å². The van der Waals surface area contributed by atoms with Crippen LogP contribution in [0.4, 0.5) is 0 Å². The Morgan fingerprint density at radius 2 is 1.86 bits per heavy atom. The molecule has 3 rings (SSSR count). The molecule has 9 heteroatoms. The third-order valence-corrected chi connectivity index (χ3v) is 7.57. The number of aliphatic hydroxyl groups is 1. The molecule has 156 valence electrons. The fraction of sp³-hybridized carbons (Fsp3) is 0.350. The first-order valence-corrected chi connectivity index (χ1v) is 11.2. The lowest BCUT2D eigenvalue weighted by Crippen LogP contribution is -2.41. The molecule has 6 nitrogen and oxygen atoms in total. The molecular formula is C20H21Cl2NO5S. The smallest absolute Gasteiger partial charge is 0.324 e. The first kappa shape index (κ1) is 22.1. The van der Waals surface area contributed by atoms with Crippen LogP contribution in [0.3, 0.4) is 0 Å². The van der Waals surface area contributed by atoms with Crippen molar-refractivity contribution in [3.05, 3.63) is 63.1 Å². The molecule has 0 amide bonds. The van der Waals surface area contributed by atoms with Gasteiger partial charge < -0.3 is 9.84 Å². The molecule has 1 aliphatic rings. The van der Waals surface area contributed by atoms with E-state index < -0.39 is 28.1 Å². The molecule has 0 radical (unpaired) electrons. The Balaban J connectivity index is 1.79. The zero-order valence-electron chi connectivity index (χ0n) is 15.9. The Morgan fingerprint density at radius 1 is 1.14 bits per heavy atom. The minimum Gasteiger partial charge on any atom is -0.460 e. The zero-order valence-corrected chi connectivity index (χ0v) is 18.3. The second kappa shape index (κ2) is 8.62. The molecule has 0 bridgehead atoms. The summed E-state index contributed by atoms with van der Waals surface area (Å²) in [7, 11) is -3.97. The highest BCUT2D eigenvalue weighted by Gasteiger charge is 2.44. The van der Waals surface area contributed by atoms with E-state index in [1.807, 2.05) is 13.8 Å². The number of esters is 1. The standard InChI is InChI=1S/C20H21Cl2NO5S/c1-12-3-5-16(7-13(12)2)29(26,27)23-10-15(24)9-19(23)20(25)28-11-14-4-6-17(21)18(22)8-14/h3-8,15,19,24H,9-11H2,1-2H3/t15-,19-/m1/s1. The highest BCUT2D eigenvalue weighted by atomic mass is 35.5. The minimum atomic E-state index is -3.97. The van der Waals surface area contributed by atoms with Crippen LogP contribution in [-0.2, 0) is 26.2 Å². The molecule has 0 saturated carbocycles. The summed E-state index contributed by atoms with van der Waals surface area (Å²) in [5.74, 6) is -0.722. The number of nitrogens with zero attached hydrogens (tertiary/aromatic N) is 1. The Kier molecular flexibility index (Phi) is 6.55. The van der Waals surface area contributed by atoms with Crippen LogP contribution in [0, 0.1) is 13.8 Å². The van der Waals surface area contributed by atoms with Crippen molar-refractivity contribution in [2.24, 2.45) is 0 Å². The van der Waals surface area contributed by atoms with Crippen molar-refractivity contribution in [3.63, 3.8) is 0 Å². The van der Waals surface area contributed by atoms with Crippen LogP contribution in [0.5, 0.6) is 0 Å². The maximum atomic E-state index is 13.1. The van der Waals surface area contributed by atoms with Gasteiger partial charge in [0.15, 0.2) is 0 Å². The predicted molar refractivity (Wildman–Crippen MR) is 110 cm³/mol. The number of benzene rings is 2. The van der Waals surface area contributed by atoms with Gasteiger partial charge in [-0.2, -0.15) is 4.31 Å². The summed E-state index contributed by atoms with van der Waals surface area (Å²) >= 11 is 11.8. The van der Waals surface area contributed by atoms with Crippen molar-refractivity contribution in [2.45, 2.75) is 43.9 Å². The summed E-state index contributed by atoms with van der Waals surface area (Å²) in [6.45, 7) is 3.45. The SMILES string of the molecule is Cc1ccc(S(=O)(=O)N2C[C@H](O)C[C@@H]2C(=O)OCc2ccc(Cl)c(Cl)c2)cc1C. The first-order chi connectivity index (χ1) is 13.6. The van der Waals surface area contributed by atoms with E-state index in [4.69, 9.17) is 27.9 Å². The van der Waals surface area contributed by atoms with Gasteiger partial charge in [-0.25, -0.2) is 8.42 Å². The van der Waals surface area contributed by atoms with Crippen LogP contribution < -0.4 is 0 Å². The normalized spacial score (nSPS) is 20.0. The van der Waals surface area contributed by atoms with Crippen LogP contribution in [0.2, 0.25) is 10.0 Å². The summed E-state index contributed by atoms with van der Waals surface area (Å²) in [5.41, 5.74) is 2.41. The molecule has 2 aromatic rings. The molecule has 2 atom stereocenters. The lowest BCUT2D eigenvalue weighted by molar-refractivity contribution is -0.148. The second-order valence-corrected chi connectivity index (χ2v) is 9.79. The molecule has 29 heavy (non-hydrogen) atoms. The Morgan fingerprint density at radius 3 is 2.52 bits per heavy atom. The van der Waals surface area contributed by atoms with Crippen LogP contribution in [0.1, 0.15) is 23.1 Å². The van der Waals surface area contributed by atoms with Crippen LogP contribution in [-0.4, -0.2) is 42.5 Å². The number of sulfonamides is 1. The number of halogens is 2. The van der Waals surface area contributed by atoms with Crippen LogP contribution in [0.25, 0.3) is 0 Å². The molecule has 1 N–H and O–H groups in total. The lowest BCUT2D eigenvalue weighted by atomic mass is 10.1. The average Bonchev–Trinajstić information content (AvgIpc) is 3.07. The van der Waals surface area contributed by atoms with E-state index in [1.54, 1.807) is 30.3 Å². The van der Waals surface area contributed by atoms with Crippen molar-refractivity contribution >= 4 is 39.2 Å². The molecule has 0 unspecified atom stereocenters. The minimum absolute atomic E-state index is 0.0235. The highest BCUT2D eigenvalue weighted by Crippen LogP contribution is 2.29. The zero-order chi connectivity index (χ0) is 21.3. The molecule has 1 aliphatic heterocycles. The maximum Gasteiger partial charge on any atom is 0.324 e. The molecule has 2 aromatic carbocycles. The van der Waals surface area contributed by atoms with Gasteiger partial charge in [0, 0.05) is 13.0 Å². The van der Waals surface area contributed by atoms with Crippen molar-refractivity contribution in [2.75, 3.05) is 6.54 Å². The van der Waals surface area contributed by atoms with Gasteiger partial charge in [0.1, 0.15) is 12.6 Å². The highest BCUT2D eigenvalue weighted by molar-refractivity contribution is 7.89. The van der Waals surface area contributed by atoms with Crippen molar-refractivity contribution < 1.29 is 23.1 Å². The van der Waals surface area contributed by atoms with Gasteiger partial charge in [0.05, 0.1) is 21.0 Å². The molecule has 1 saturated heterocycles. The number of ether oxygens (including phenoxy) is 1. The summed E-state index contributed by atoms with van der Waals surface area (Å²) in [4.78, 5) is 12.7. The Bertz CT molecular complexity index is 1040. The molecule has 1 fully saturated rings. The Labute approximate surface area is 180 Å². The van der Waals surface area contributed by atoms with Gasteiger partial charge in [-0.1, -0.05) is 35.3 Å². The summed E-state index contributed by atoms with van der Waals surface area (Å²) in [5, 5.41) is 10.7. The van der Waals surface area contributed by atoms with E-state index in [1.165, 1.54) is 6.07 Å². The topological polar surface area (TPSA) is 83.9 Å². The van der Waals surface area contributed by atoms with Gasteiger partial charge in [-0.15, -0.1) is 0 Å². The largest absolute Gasteiger partial charge is 0.460 e. The van der Waals surface area contributed by atoms with E-state index in [0.717, 1.165) is 15.4 Å². The average molecular weight is 458 g/mol. The molecular weight excluding hydrogens is 437 g/mol. The molecule has 0 aromatic heterocycles. The molecule has 0 aliphatic carbocycles. The second-order valence-electron chi connectivity index (χ2n) is 7.08. The van der Waals surface area contributed by atoms with E-state index >= 15 is 0 Å². The summed E-state index contributed by atoms with van der Waals surface area (Å²) in [6, 6.07) is 8.50. The van der Waals surface area contributed by atoms with Crippen LogP contribution >= 0.6 is 23.2 Å². The van der Waals surface area contributed by atoms with E-state index in [-0.39, 0.29) is 24.5 Å². The van der Waals surface area contributed by atoms with E-state index in [2.05, 4.69) is 0 Å². The third kappa shape index (κ3) is 4.75.